The van der Waals surface area contributed by atoms with E-state index < -0.39 is 85.8 Å². The topological polar surface area (TPSA) is 651 Å². The minimum absolute atomic E-state index is 0. The number of amides is 6. The van der Waals surface area contributed by atoms with Crippen LogP contribution in [0.4, 0.5) is 0 Å². The molecule has 0 saturated heterocycles. The van der Waals surface area contributed by atoms with Gasteiger partial charge in [-0.15, -0.1) is 0 Å². The molecule has 0 radical (unpaired) electrons. The second-order valence-electron chi connectivity index (χ2n) is 26.5. The van der Waals surface area contributed by atoms with E-state index in [1.807, 2.05) is 7.05 Å². The van der Waals surface area contributed by atoms with Gasteiger partial charge in [0.05, 0.1) is 68.7 Å². The number of fused-ring (bicyclic) bond motifs is 3. The van der Waals surface area contributed by atoms with Gasteiger partial charge in [-0.3, -0.25) is 52.8 Å². The number of hydrogen-bond acceptors (Lipinski definition) is 35. The number of aliphatic imine (C=N–C) groups is 2. The Hall–Kier alpha value is -12.1. The summed E-state index contributed by atoms with van der Waals surface area (Å²) in [6, 6.07) is 20.7. The summed E-state index contributed by atoms with van der Waals surface area (Å²) in [5.41, 5.74) is 6.72. The van der Waals surface area contributed by atoms with Crippen LogP contribution < -0.4 is 46.5 Å². The number of unbranched alkanes of at least 4 members (excludes halogenated alkanes) is 9. The number of carboxylic acids is 1. The van der Waals surface area contributed by atoms with Crippen molar-refractivity contribution in [3.05, 3.63) is 158 Å². The molecule has 8 rings (SSSR count). The molecule has 0 atom stereocenters. The van der Waals surface area contributed by atoms with Gasteiger partial charge < -0.3 is 109 Å². The van der Waals surface area contributed by atoms with Crippen molar-refractivity contribution in [1.82, 2.24) is 31.5 Å². The molecular formula is C79H103N9O33Si3. The van der Waals surface area contributed by atoms with Crippen LogP contribution in [0.25, 0.3) is 0 Å². The van der Waals surface area contributed by atoms with Gasteiger partial charge in [-0.05, 0) is 170 Å². The van der Waals surface area contributed by atoms with E-state index >= 15 is 0 Å². The van der Waals surface area contributed by atoms with Crippen molar-refractivity contribution in [2.24, 2.45) is 15.7 Å². The van der Waals surface area contributed by atoms with Gasteiger partial charge in [0.1, 0.15) is 17.2 Å². The van der Waals surface area contributed by atoms with Crippen LogP contribution in [0.5, 0.6) is 17.2 Å². The second-order valence-corrected chi connectivity index (χ2v) is 33.7. The van der Waals surface area contributed by atoms with Gasteiger partial charge in [0.15, 0.2) is 5.78 Å². The minimum atomic E-state index is -4.23. The number of esters is 4. The lowest BCUT2D eigenvalue weighted by Crippen LogP contribution is -2.42. The van der Waals surface area contributed by atoms with E-state index in [1.54, 1.807) is 27.4 Å². The van der Waals surface area contributed by atoms with E-state index in [9.17, 15) is 95.9 Å². The molecule has 3 heterocycles. The van der Waals surface area contributed by atoms with E-state index in [4.69, 9.17) is 38.5 Å². The zero-order valence-electron chi connectivity index (χ0n) is 68.7. The second kappa shape index (κ2) is 58.0. The summed E-state index contributed by atoms with van der Waals surface area (Å²) in [5, 5.41) is 22.8. The first kappa shape index (κ1) is 108. The van der Waals surface area contributed by atoms with E-state index in [1.165, 1.54) is 103 Å². The van der Waals surface area contributed by atoms with Gasteiger partial charge in [0, 0.05) is 83.3 Å². The van der Waals surface area contributed by atoms with Gasteiger partial charge in [0.25, 0.3) is 54.9 Å². The van der Waals surface area contributed by atoms with E-state index in [-0.39, 0.29) is 154 Å². The molecule has 124 heavy (non-hydrogen) atoms. The lowest BCUT2D eigenvalue weighted by Gasteiger charge is -2.23. The number of nitrogens with zero attached hydrogens (tertiary/aromatic N) is 3. The predicted molar refractivity (Wildman–Crippen MR) is 441 cm³/mol. The Bertz CT molecular complexity index is 4450. The number of cyclic esters (lactones) is 4. The fourth-order valence-electron chi connectivity index (χ4n) is 11.3. The van der Waals surface area contributed by atoms with Gasteiger partial charge in [-0.25, -0.2) is 43.5 Å². The quantitative estimate of drug-likeness (QED) is 0.00306. The zero-order chi connectivity index (χ0) is 91.5. The Morgan fingerprint density at radius 3 is 1.27 bits per heavy atom. The molecule has 16 N–H and O–H groups in total. The average molecular weight is 1790 g/mol. The number of imide groups is 1. The van der Waals surface area contributed by atoms with Crippen molar-refractivity contribution in [3.63, 3.8) is 0 Å². The van der Waals surface area contributed by atoms with Crippen LogP contribution in [0.1, 0.15) is 228 Å². The number of ketones is 1. The number of Topliss-reactive ketones (excluding diaryl/α,β-unsaturated/α-hetero) is 1. The third-order valence-electron chi connectivity index (χ3n) is 17.6. The van der Waals surface area contributed by atoms with Crippen LogP contribution >= 0.6 is 0 Å². The maximum atomic E-state index is 13.2. The fourth-order valence-corrected chi connectivity index (χ4v) is 14.3. The molecule has 0 fully saturated rings. The SMILES string of the molecule is CNCCCCCCNC(=O)c1cc(C(=O)NCCCCCCN2C(=O)c3ccc(C(C)=O)cc3C2=O)ccc1C(=O)NCCC[Si](O)(O)O.CO[Si](CCCN)(OC)OC.O.O=C=NCCCCCCN=C=O.O=COc1ccc(C(=O)NCCC[Si](O)(O)O)c(C(=O)O)c1.O=COc1ccc2c(c1)C(=O)OC2=O.O=COc1ccc2c(c1)C(=O)OC2=O. The molecule has 0 aromatic heterocycles. The van der Waals surface area contributed by atoms with Gasteiger partial charge in [-0.2, -0.15) is 0 Å². The number of nitrogens with one attached hydrogen (secondary N) is 5. The molecule has 3 aliphatic heterocycles. The number of isocyanates is 2. The first-order chi connectivity index (χ1) is 58.7. The van der Waals surface area contributed by atoms with Crippen molar-refractivity contribution in [3.8, 4) is 17.2 Å². The first-order valence-corrected chi connectivity index (χ1v) is 44.4. The van der Waals surface area contributed by atoms with Crippen LogP contribution in [0.15, 0.2) is 101 Å². The summed E-state index contributed by atoms with van der Waals surface area (Å²) >= 11 is 0. The van der Waals surface area contributed by atoms with Gasteiger partial charge in [0.2, 0.25) is 12.2 Å². The third-order valence-corrected chi connectivity index (χ3v) is 22.5. The number of ether oxygens (including phenoxy) is 5. The molecule has 0 aliphatic carbocycles. The Morgan fingerprint density at radius 1 is 0.444 bits per heavy atom. The largest absolute Gasteiger partial charge is 0.500 e. The number of hydrogen-bond donors (Lipinski definition) is 13. The number of nitrogens with two attached hydrogens (primary N) is 1. The molecule has 42 nitrogen and oxygen atoms in total. The van der Waals surface area contributed by atoms with Gasteiger partial charge >= 0.3 is 56.3 Å². The lowest BCUT2D eigenvalue weighted by molar-refractivity contribution is -0.121. The van der Waals surface area contributed by atoms with E-state index in [2.05, 4.69) is 60.3 Å². The number of carboxylic acid groups (broad SMARTS) is 1. The summed E-state index contributed by atoms with van der Waals surface area (Å²) < 4.78 is 37.8. The highest BCUT2D eigenvalue weighted by Crippen LogP contribution is 2.28. The molecule has 674 valence electrons. The molecule has 3 aliphatic rings. The number of carbonyl (C=O) groups excluding carboxylic acids is 16. The molecule has 5 aromatic rings. The first-order valence-electron chi connectivity index (χ1n) is 38.4. The monoisotopic (exact) mass is 1790 g/mol. The predicted octanol–water partition coefficient (Wildman–Crippen LogP) is 2.65. The molecule has 0 bridgehead atoms. The van der Waals surface area contributed by atoms with Crippen molar-refractivity contribution in [2.45, 2.75) is 121 Å². The van der Waals surface area contributed by atoms with Crippen LogP contribution in [0, 0.1) is 0 Å². The molecule has 45 heteroatoms. The van der Waals surface area contributed by atoms with Gasteiger partial charge in [-0.1, -0.05) is 44.6 Å². The minimum Gasteiger partial charge on any atom is -0.478 e. The molecule has 0 unspecified atom stereocenters. The summed E-state index contributed by atoms with van der Waals surface area (Å²) in [6.07, 6.45) is 14.3. The Morgan fingerprint density at radius 2 is 0.831 bits per heavy atom. The Balaban J connectivity index is 0.000000574. The van der Waals surface area contributed by atoms with Crippen LogP contribution in [-0.4, -0.2) is 261 Å². The summed E-state index contributed by atoms with van der Waals surface area (Å²) in [6.45, 7) is 5.77. The fraction of sp³-hybridized carbons (Fsp3) is 0.405. The maximum absolute atomic E-state index is 13.2. The summed E-state index contributed by atoms with van der Waals surface area (Å²) in [5.74, 6) is -6.90. The van der Waals surface area contributed by atoms with E-state index in [0.29, 0.717) is 63.1 Å². The van der Waals surface area contributed by atoms with Crippen LogP contribution in [-0.2, 0) is 46.7 Å². The molecule has 6 amide bonds. The highest BCUT2D eigenvalue weighted by molar-refractivity contribution is 6.60. The van der Waals surface area contributed by atoms with Crippen LogP contribution in [0.2, 0.25) is 18.1 Å². The Labute approximate surface area is 714 Å². The molecule has 0 spiro atoms. The third kappa shape index (κ3) is 38.5. The summed E-state index contributed by atoms with van der Waals surface area (Å²) in [7, 11) is -3.99. The average Bonchev–Trinajstić information content (AvgIpc) is 1.65. The zero-order valence-corrected chi connectivity index (χ0v) is 71.7. The Kier molecular flexibility index (Phi) is 50.5. The molecule has 5 aromatic carbocycles. The number of aromatic carboxylic acids is 1. The number of carbonyl (C=O) groups is 15. The van der Waals surface area contributed by atoms with Crippen molar-refractivity contribution < 1.29 is 158 Å². The smallest absolute Gasteiger partial charge is 0.478 e. The number of rotatable bonds is 47. The maximum Gasteiger partial charge on any atom is 0.500 e. The molecule has 0 saturated carbocycles. The standard InChI is InChI=1S/C35H49N5O9Si.C12H15NO8Si.2C9H4O5.C8H12N2O2.C6H17NO3Si.H2O/c1-24(41)25-12-15-28-30(22-25)35(46)40(34(28)45)20-10-6-5-9-17-37-31(42)26-13-14-27(32(43)39-19-11-21-50(47,48)49)29(23-26)33(44)38-18-8-4-3-7-16-36-2;14-7-21-8-2-3-9(10(6-8)12(16)17)11(15)13-4-1-5-22(18,19)20;2*10-4-13-5-1-2-6-7(3-5)9(12)14-8(6)11;11-7-9-5-3-1-2-4-6-10-8-12;1-8-11(9-2,10-3)6-4-5-7;/h12-15,22-23,36,47-49H,3-11,16-21H2,1-2H3,(H,37,42)(H,38,44)(H,39,43);2-3,6-7,18-20H,1,4-5H2,(H,13,15)(H,16,17);2*1-4H;1-6H2;4-7H2,1-3H3;1H2. The van der Waals surface area contributed by atoms with Crippen molar-refractivity contribution in [1.29, 1.82) is 0 Å². The lowest BCUT2D eigenvalue weighted by atomic mass is 10.0. The molecular weight excluding hydrogens is 1690 g/mol. The normalized spacial score (nSPS) is 11.9. The highest BCUT2D eigenvalue weighted by Gasteiger charge is 2.38. The van der Waals surface area contributed by atoms with Crippen molar-refractivity contribution in [2.75, 3.05) is 87.3 Å². The highest BCUT2D eigenvalue weighted by atomic mass is 28.4. The summed E-state index contributed by atoms with van der Waals surface area (Å²) in [4.78, 5) is 255. The van der Waals surface area contributed by atoms with Crippen molar-refractivity contribution >= 4 is 129 Å². The number of benzene rings is 5. The van der Waals surface area contributed by atoms with Crippen LogP contribution in [0.3, 0.4) is 0 Å². The van der Waals surface area contributed by atoms with E-state index in [0.717, 1.165) is 82.9 Å².